The van der Waals surface area contributed by atoms with Gasteiger partial charge in [0, 0.05) is 23.3 Å². The highest BCUT2D eigenvalue weighted by Crippen LogP contribution is 2.20. The van der Waals surface area contributed by atoms with E-state index in [0.717, 1.165) is 17.3 Å². The number of nitrogens with zero attached hydrogens (tertiary/aromatic N) is 4. The average Bonchev–Trinajstić information content (AvgIpc) is 3.23. The van der Waals surface area contributed by atoms with Gasteiger partial charge in [-0.2, -0.15) is 5.10 Å². The third-order valence-corrected chi connectivity index (χ3v) is 3.80. The number of hydrogen-bond donors (Lipinski definition) is 2. The number of H-pyrrole nitrogens is 1. The Morgan fingerprint density at radius 1 is 1.24 bits per heavy atom. The SMILES string of the molecule is Cc1[nH]nc2c(C(=O)Nc3ccn(-c4ccc(F)cn4)n3)cccc12. The first-order valence-electron chi connectivity index (χ1n) is 7.54. The van der Waals surface area contributed by atoms with Gasteiger partial charge in [-0.15, -0.1) is 5.10 Å². The molecule has 1 amide bonds. The minimum absolute atomic E-state index is 0.311. The fourth-order valence-corrected chi connectivity index (χ4v) is 2.56. The summed E-state index contributed by atoms with van der Waals surface area (Å²) >= 11 is 0. The minimum atomic E-state index is -0.424. The zero-order valence-electron chi connectivity index (χ0n) is 13.2. The first-order valence-corrected chi connectivity index (χ1v) is 7.54. The number of aromatic amines is 1. The first kappa shape index (κ1) is 15.0. The number of para-hydroxylation sites is 1. The van der Waals surface area contributed by atoms with Crippen LogP contribution in [0.5, 0.6) is 0 Å². The summed E-state index contributed by atoms with van der Waals surface area (Å²) in [5.74, 6) is 0.0774. The molecule has 4 aromatic rings. The number of carbonyl (C=O) groups is 1. The second kappa shape index (κ2) is 5.82. The Hall–Kier alpha value is -3.55. The number of aryl methyl sites for hydroxylation is 1. The van der Waals surface area contributed by atoms with E-state index in [9.17, 15) is 9.18 Å². The van der Waals surface area contributed by atoms with Gasteiger partial charge in [0.05, 0.1) is 11.8 Å². The monoisotopic (exact) mass is 336 g/mol. The largest absolute Gasteiger partial charge is 0.305 e. The summed E-state index contributed by atoms with van der Waals surface area (Å²) in [4.78, 5) is 16.5. The standard InChI is InChI=1S/C17H13FN6O/c1-10-12-3-2-4-13(16(12)22-21-10)17(25)20-14-7-8-24(23-14)15-6-5-11(18)9-19-15/h2-9H,1H3,(H,21,22)(H,20,23,25). The zero-order valence-corrected chi connectivity index (χ0v) is 13.2. The summed E-state index contributed by atoms with van der Waals surface area (Å²) in [6.07, 6.45) is 2.74. The molecule has 0 atom stereocenters. The number of benzene rings is 1. The molecule has 2 N–H and O–H groups in total. The molecule has 0 aliphatic rings. The molecule has 4 rings (SSSR count). The molecule has 3 heterocycles. The fourth-order valence-electron chi connectivity index (χ4n) is 2.56. The van der Waals surface area contributed by atoms with Gasteiger partial charge in [0.1, 0.15) is 11.3 Å². The van der Waals surface area contributed by atoms with Crippen LogP contribution < -0.4 is 5.32 Å². The van der Waals surface area contributed by atoms with E-state index in [1.807, 2.05) is 13.0 Å². The topological polar surface area (TPSA) is 88.5 Å². The molecule has 8 heteroatoms. The number of nitrogens with one attached hydrogen (secondary N) is 2. The third-order valence-electron chi connectivity index (χ3n) is 3.80. The fraction of sp³-hybridized carbons (Fsp3) is 0.0588. The van der Waals surface area contributed by atoms with Crippen LogP contribution >= 0.6 is 0 Å². The Morgan fingerprint density at radius 3 is 2.92 bits per heavy atom. The molecule has 7 nitrogen and oxygen atoms in total. The van der Waals surface area contributed by atoms with Crippen molar-refractivity contribution in [3.63, 3.8) is 0 Å². The third kappa shape index (κ3) is 2.74. The van der Waals surface area contributed by atoms with E-state index >= 15 is 0 Å². The van der Waals surface area contributed by atoms with E-state index in [-0.39, 0.29) is 5.91 Å². The average molecular weight is 336 g/mol. The van der Waals surface area contributed by atoms with Gasteiger partial charge in [0.2, 0.25) is 0 Å². The van der Waals surface area contributed by atoms with E-state index in [0.29, 0.717) is 22.7 Å². The summed E-state index contributed by atoms with van der Waals surface area (Å²) in [5, 5.41) is 14.9. The van der Waals surface area contributed by atoms with Gasteiger partial charge < -0.3 is 5.32 Å². The van der Waals surface area contributed by atoms with Crippen molar-refractivity contribution < 1.29 is 9.18 Å². The van der Waals surface area contributed by atoms with Crippen LogP contribution in [-0.2, 0) is 0 Å². The first-order chi connectivity index (χ1) is 12.1. The second-order valence-electron chi connectivity index (χ2n) is 5.48. The number of fused-ring (bicyclic) bond motifs is 1. The predicted octanol–water partition coefficient (Wildman–Crippen LogP) is 2.84. The van der Waals surface area contributed by atoms with Gasteiger partial charge in [-0.1, -0.05) is 12.1 Å². The number of aromatic nitrogens is 5. The minimum Gasteiger partial charge on any atom is -0.305 e. The van der Waals surface area contributed by atoms with Crippen molar-refractivity contribution in [2.75, 3.05) is 5.32 Å². The number of carbonyl (C=O) groups excluding carboxylic acids is 1. The van der Waals surface area contributed by atoms with Crippen molar-refractivity contribution in [3.8, 4) is 5.82 Å². The van der Waals surface area contributed by atoms with E-state index in [1.165, 1.54) is 16.8 Å². The number of halogens is 1. The van der Waals surface area contributed by atoms with Crippen molar-refractivity contribution in [2.24, 2.45) is 0 Å². The Morgan fingerprint density at radius 2 is 2.12 bits per heavy atom. The van der Waals surface area contributed by atoms with Crippen molar-refractivity contribution in [2.45, 2.75) is 6.92 Å². The molecular formula is C17H13FN6O. The summed E-state index contributed by atoms with van der Waals surface area (Å²) < 4.78 is 14.4. The molecule has 0 radical (unpaired) electrons. The van der Waals surface area contributed by atoms with E-state index in [4.69, 9.17) is 0 Å². The number of rotatable bonds is 3. The molecule has 124 valence electrons. The molecule has 0 saturated carbocycles. The number of pyridine rings is 1. The van der Waals surface area contributed by atoms with Crippen LogP contribution in [0.15, 0.2) is 48.8 Å². The predicted molar refractivity (Wildman–Crippen MR) is 90.1 cm³/mol. The molecule has 1 aromatic carbocycles. The highest BCUT2D eigenvalue weighted by molar-refractivity contribution is 6.11. The molecule has 0 fully saturated rings. The van der Waals surface area contributed by atoms with Crippen LogP contribution in [0.2, 0.25) is 0 Å². The van der Waals surface area contributed by atoms with Crippen molar-refractivity contribution in [1.29, 1.82) is 0 Å². The maximum atomic E-state index is 12.9. The van der Waals surface area contributed by atoms with Gasteiger partial charge in [0.15, 0.2) is 11.6 Å². The molecular weight excluding hydrogens is 323 g/mol. The second-order valence-corrected chi connectivity index (χ2v) is 5.48. The van der Waals surface area contributed by atoms with Gasteiger partial charge in [-0.3, -0.25) is 9.89 Å². The van der Waals surface area contributed by atoms with Crippen molar-refractivity contribution >= 4 is 22.6 Å². The Kier molecular flexibility index (Phi) is 3.50. The van der Waals surface area contributed by atoms with Gasteiger partial charge >= 0.3 is 0 Å². The lowest BCUT2D eigenvalue weighted by molar-refractivity contribution is 0.102. The summed E-state index contributed by atoms with van der Waals surface area (Å²) in [7, 11) is 0. The van der Waals surface area contributed by atoms with Crippen LogP contribution in [0.1, 0.15) is 16.1 Å². The lowest BCUT2D eigenvalue weighted by Crippen LogP contribution is -2.13. The smallest absolute Gasteiger partial charge is 0.259 e. The quantitative estimate of drug-likeness (QED) is 0.602. The lowest BCUT2D eigenvalue weighted by Gasteiger charge is -2.03. The van der Waals surface area contributed by atoms with Crippen molar-refractivity contribution in [3.05, 3.63) is 65.9 Å². The lowest BCUT2D eigenvalue weighted by atomic mass is 10.1. The Balaban J connectivity index is 1.60. The Bertz CT molecular complexity index is 1070. The molecule has 0 aliphatic carbocycles. The van der Waals surface area contributed by atoms with Crippen LogP contribution in [0.25, 0.3) is 16.7 Å². The highest BCUT2D eigenvalue weighted by atomic mass is 19.1. The summed E-state index contributed by atoms with van der Waals surface area (Å²) in [6, 6.07) is 9.85. The molecule has 0 spiro atoms. The van der Waals surface area contributed by atoms with E-state index < -0.39 is 5.82 Å². The maximum absolute atomic E-state index is 12.9. The highest BCUT2D eigenvalue weighted by Gasteiger charge is 2.14. The van der Waals surface area contributed by atoms with Crippen LogP contribution in [0.3, 0.4) is 0 Å². The number of hydrogen-bond acceptors (Lipinski definition) is 4. The summed E-state index contributed by atoms with van der Waals surface area (Å²) in [6.45, 7) is 1.90. The van der Waals surface area contributed by atoms with Crippen LogP contribution in [-0.4, -0.2) is 30.9 Å². The molecule has 0 bridgehead atoms. The maximum Gasteiger partial charge on any atom is 0.259 e. The Labute approximate surface area is 141 Å². The number of amides is 1. The normalized spacial score (nSPS) is 11.0. The molecule has 25 heavy (non-hydrogen) atoms. The molecule has 3 aromatic heterocycles. The summed E-state index contributed by atoms with van der Waals surface area (Å²) in [5.41, 5.74) is 1.96. The molecule has 0 unspecified atom stereocenters. The van der Waals surface area contributed by atoms with Gasteiger partial charge in [-0.25, -0.2) is 14.1 Å². The molecule has 0 aliphatic heterocycles. The van der Waals surface area contributed by atoms with Crippen LogP contribution in [0.4, 0.5) is 10.2 Å². The van der Waals surface area contributed by atoms with Crippen molar-refractivity contribution in [1.82, 2.24) is 25.0 Å². The van der Waals surface area contributed by atoms with Gasteiger partial charge in [-0.05, 0) is 25.1 Å². The van der Waals surface area contributed by atoms with Crippen LogP contribution in [0, 0.1) is 12.7 Å². The van der Waals surface area contributed by atoms with E-state index in [1.54, 1.807) is 24.4 Å². The molecule has 0 saturated heterocycles. The zero-order chi connectivity index (χ0) is 17.4. The van der Waals surface area contributed by atoms with E-state index in [2.05, 4.69) is 25.6 Å². The van der Waals surface area contributed by atoms with Gasteiger partial charge in [0.25, 0.3) is 5.91 Å². The number of anilines is 1.